The van der Waals surface area contributed by atoms with Crippen molar-refractivity contribution in [3.63, 3.8) is 0 Å². The van der Waals surface area contributed by atoms with E-state index in [1.165, 1.54) is 19.6 Å². The zero-order chi connectivity index (χ0) is 20.8. The van der Waals surface area contributed by atoms with Crippen molar-refractivity contribution in [2.45, 2.75) is 26.3 Å². The molecule has 154 valence electrons. The number of esters is 1. The molecule has 29 heavy (non-hydrogen) atoms. The Labute approximate surface area is 170 Å². The van der Waals surface area contributed by atoms with Gasteiger partial charge in [0.25, 0.3) is 5.91 Å². The molecule has 1 saturated heterocycles. The van der Waals surface area contributed by atoms with E-state index in [0.717, 1.165) is 11.1 Å². The van der Waals surface area contributed by atoms with E-state index < -0.39 is 5.97 Å². The maximum absolute atomic E-state index is 13.2. The van der Waals surface area contributed by atoms with Gasteiger partial charge >= 0.3 is 5.97 Å². The Morgan fingerprint density at radius 1 is 1.17 bits per heavy atom. The number of ether oxygens (including phenoxy) is 1. The molecule has 7 heteroatoms. The molecular formula is C22H26N2O5. The Hall–Kier alpha value is -3.09. The number of hydrogen-bond acceptors (Lipinski definition) is 5. The van der Waals surface area contributed by atoms with E-state index in [1.807, 2.05) is 31.2 Å². The Balaban J connectivity index is 1.65. The highest BCUT2D eigenvalue weighted by atomic mass is 16.5. The SMILES string of the molecule is COC(=O)CN(Cc1ccccc1C)C(=O)C1CCN(C(=O)c2ccoc2)CC1. The summed E-state index contributed by atoms with van der Waals surface area (Å²) >= 11 is 0. The topological polar surface area (TPSA) is 80.1 Å². The molecule has 0 aliphatic carbocycles. The number of likely N-dealkylation sites (tertiary alicyclic amines) is 1. The quantitative estimate of drug-likeness (QED) is 0.699. The number of methoxy groups -OCH3 is 1. The Morgan fingerprint density at radius 3 is 2.52 bits per heavy atom. The second-order valence-electron chi connectivity index (χ2n) is 7.28. The fraction of sp³-hybridized carbons (Fsp3) is 0.409. The first kappa shape index (κ1) is 20.6. The van der Waals surface area contributed by atoms with Gasteiger partial charge in [-0.15, -0.1) is 0 Å². The van der Waals surface area contributed by atoms with Crippen LogP contribution in [-0.2, 0) is 20.9 Å². The van der Waals surface area contributed by atoms with Gasteiger partial charge in [0.15, 0.2) is 0 Å². The smallest absolute Gasteiger partial charge is 0.325 e. The number of rotatable bonds is 6. The largest absolute Gasteiger partial charge is 0.472 e. The van der Waals surface area contributed by atoms with E-state index in [2.05, 4.69) is 0 Å². The third-order valence-electron chi connectivity index (χ3n) is 5.38. The van der Waals surface area contributed by atoms with Crippen molar-refractivity contribution in [3.8, 4) is 0 Å². The summed E-state index contributed by atoms with van der Waals surface area (Å²) in [7, 11) is 1.32. The second kappa shape index (κ2) is 9.41. The summed E-state index contributed by atoms with van der Waals surface area (Å²) in [5.41, 5.74) is 2.58. The second-order valence-corrected chi connectivity index (χ2v) is 7.28. The summed E-state index contributed by atoms with van der Waals surface area (Å²) < 4.78 is 9.76. The van der Waals surface area contributed by atoms with Crippen molar-refractivity contribution in [3.05, 3.63) is 59.5 Å². The van der Waals surface area contributed by atoms with Crippen molar-refractivity contribution in [2.75, 3.05) is 26.7 Å². The predicted octanol–water partition coefficient (Wildman–Crippen LogP) is 2.64. The van der Waals surface area contributed by atoms with E-state index >= 15 is 0 Å². The summed E-state index contributed by atoms with van der Waals surface area (Å²) in [5.74, 6) is -0.832. The standard InChI is InChI=1S/C22H26N2O5/c1-16-5-3-4-6-18(16)13-24(14-20(25)28-2)21(26)17-7-10-23(11-8-17)22(27)19-9-12-29-15-19/h3-6,9,12,15,17H,7-8,10-11,13-14H2,1-2H3. The summed E-state index contributed by atoms with van der Waals surface area (Å²) in [6.07, 6.45) is 4.03. The monoisotopic (exact) mass is 398 g/mol. The average molecular weight is 398 g/mol. The molecule has 0 N–H and O–H groups in total. The minimum absolute atomic E-state index is 0.0749. The van der Waals surface area contributed by atoms with Crippen LogP contribution in [0.15, 0.2) is 47.3 Å². The maximum atomic E-state index is 13.2. The maximum Gasteiger partial charge on any atom is 0.325 e. The van der Waals surface area contributed by atoms with Gasteiger partial charge in [-0.3, -0.25) is 14.4 Å². The summed E-state index contributed by atoms with van der Waals surface area (Å²) in [6, 6.07) is 9.44. The molecular weight excluding hydrogens is 372 g/mol. The normalized spacial score (nSPS) is 14.5. The molecule has 1 fully saturated rings. The van der Waals surface area contributed by atoms with Gasteiger partial charge in [-0.05, 0) is 37.0 Å². The van der Waals surface area contributed by atoms with Crippen molar-refractivity contribution in [2.24, 2.45) is 5.92 Å². The number of hydrogen-bond donors (Lipinski definition) is 0. The fourth-order valence-electron chi connectivity index (χ4n) is 3.58. The first-order valence-corrected chi connectivity index (χ1v) is 9.71. The lowest BCUT2D eigenvalue weighted by Crippen LogP contribution is -2.45. The Morgan fingerprint density at radius 2 is 1.90 bits per heavy atom. The Kier molecular flexibility index (Phi) is 6.69. The van der Waals surface area contributed by atoms with Crippen LogP contribution in [0.4, 0.5) is 0 Å². The number of aryl methyl sites for hydroxylation is 1. The van der Waals surface area contributed by atoms with Gasteiger partial charge in [-0.2, -0.15) is 0 Å². The molecule has 0 spiro atoms. The molecule has 1 aromatic carbocycles. The molecule has 3 rings (SSSR count). The van der Waals surface area contributed by atoms with Crippen molar-refractivity contribution < 1.29 is 23.5 Å². The number of carbonyl (C=O) groups is 3. The van der Waals surface area contributed by atoms with Gasteiger partial charge in [-0.25, -0.2) is 0 Å². The van der Waals surface area contributed by atoms with Gasteiger partial charge in [0, 0.05) is 25.6 Å². The zero-order valence-electron chi connectivity index (χ0n) is 16.8. The van der Waals surface area contributed by atoms with Crippen molar-refractivity contribution in [1.29, 1.82) is 0 Å². The van der Waals surface area contributed by atoms with Crippen LogP contribution in [0, 0.1) is 12.8 Å². The van der Waals surface area contributed by atoms with Gasteiger partial charge in [0.05, 0.1) is 18.9 Å². The molecule has 2 amide bonds. The molecule has 2 heterocycles. The number of furan rings is 1. The van der Waals surface area contributed by atoms with Crippen LogP contribution in [0.5, 0.6) is 0 Å². The Bertz CT molecular complexity index is 854. The van der Waals surface area contributed by atoms with Gasteiger partial charge < -0.3 is 19.0 Å². The first-order valence-electron chi connectivity index (χ1n) is 9.71. The summed E-state index contributed by atoms with van der Waals surface area (Å²) in [4.78, 5) is 40.8. The molecule has 0 unspecified atom stereocenters. The molecule has 2 aromatic rings. The van der Waals surface area contributed by atoms with Gasteiger partial charge in [0.2, 0.25) is 5.91 Å². The number of piperidine rings is 1. The summed E-state index contributed by atoms with van der Waals surface area (Å²) in [6.45, 7) is 3.25. The molecule has 1 aliphatic heterocycles. The van der Waals surface area contributed by atoms with Crippen molar-refractivity contribution in [1.82, 2.24) is 9.80 Å². The first-order chi connectivity index (χ1) is 14.0. The van der Waals surface area contributed by atoms with E-state index in [9.17, 15) is 14.4 Å². The van der Waals surface area contributed by atoms with Gasteiger partial charge in [0.1, 0.15) is 12.8 Å². The molecule has 1 aliphatic rings. The zero-order valence-corrected chi connectivity index (χ0v) is 16.8. The van der Waals surface area contributed by atoms with Crippen LogP contribution in [0.2, 0.25) is 0 Å². The average Bonchev–Trinajstić information content (AvgIpc) is 3.28. The van der Waals surface area contributed by atoms with E-state index in [0.29, 0.717) is 38.0 Å². The number of amides is 2. The number of benzene rings is 1. The van der Waals surface area contributed by atoms with Gasteiger partial charge in [-0.1, -0.05) is 24.3 Å². The molecule has 0 bridgehead atoms. The highest BCUT2D eigenvalue weighted by molar-refractivity contribution is 5.94. The minimum atomic E-state index is -0.445. The van der Waals surface area contributed by atoms with Crippen LogP contribution in [0.1, 0.15) is 34.3 Å². The molecule has 0 saturated carbocycles. The van der Waals surface area contributed by atoms with Crippen LogP contribution in [-0.4, -0.2) is 54.3 Å². The van der Waals surface area contributed by atoms with Crippen LogP contribution < -0.4 is 0 Å². The lowest BCUT2D eigenvalue weighted by atomic mass is 9.94. The fourth-order valence-corrected chi connectivity index (χ4v) is 3.58. The van der Waals surface area contributed by atoms with Crippen molar-refractivity contribution >= 4 is 17.8 Å². The highest BCUT2D eigenvalue weighted by Gasteiger charge is 2.31. The van der Waals surface area contributed by atoms with E-state index in [4.69, 9.17) is 9.15 Å². The lowest BCUT2D eigenvalue weighted by molar-refractivity contribution is -0.149. The highest BCUT2D eigenvalue weighted by Crippen LogP contribution is 2.23. The lowest BCUT2D eigenvalue weighted by Gasteiger charge is -2.34. The van der Waals surface area contributed by atoms with Crippen LogP contribution >= 0.6 is 0 Å². The molecule has 7 nitrogen and oxygen atoms in total. The molecule has 1 aromatic heterocycles. The third kappa shape index (κ3) is 5.04. The number of nitrogens with zero attached hydrogens (tertiary/aromatic N) is 2. The van der Waals surface area contributed by atoms with E-state index in [-0.39, 0.29) is 24.3 Å². The molecule has 0 radical (unpaired) electrons. The predicted molar refractivity (Wildman–Crippen MR) is 106 cm³/mol. The minimum Gasteiger partial charge on any atom is -0.472 e. The van der Waals surface area contributed by atoms with Crippen LogP contribution in [0.3, 0.4) is 0 Å². The van der Waals surface area contributed by atoms with E-state index in [1.54, 1.807) is 15.9 Å². The molecule has 0 atom stereocenters. The number of carbonyl (C=O) groups excluding carboxylic acids is 3. The van der Waals surface area contributed by atoms with Crippen LogP contribution in [0.25, 0.3) is 0 Å². The summed E-state index contributed by atoms with van der Waals surface area (Å²) in [5, 5.41) is 0. The third-order valence-corrected chi connectivity index (χ3v) is 5.38.